The molecule has 1 aliphatic carbocycles. The maximum absolute atomic E-state index is 12.0. The molecule has 0 aliphatic heterocycles. The first-order chi connectivity index (χ1) is 7.54. The number of nitrogens with one attached hydrogen (secondary N) is 1. The lowest BCUT2D eigenvalue weighted by molar-refractivity contribution is -0.146. The summed E-state index contributed by atoms with van der Waals surface area (Å²) in [7, 11) is 1.78. The second-order valence-corrected chi connectivity index (χ2v) is 4.51. The molecule has 0 saturated heterocycles. The molecular formula is C11H20N2O3. The molecule has 1 atom stereocenters. The summed E-state index contributed by atoms with van der Waals surface area (Å²) < 4.78 is 0. The first kappa shape index (κ1) is 13.0. The quantitative estimate of drug-likeness (QED) is 0.651. The number of nitrogens with zero attached hydrogens (tertiary/aromatic N) is 1. The standard InChI is InChI=1S/C11H20N2O3/c1-8(5-12-2)11(16)13(7-10(14)15)6-9-3-4-9/h8-9,12H,3-7H2,1-2H3,(H,14,15). The number of carboxylic acid groups (broad SMARTS) is 1. The van der Waals surface area contributed by atoms with E-state index in [1.54, 1.807) is 7.05 Å². The molecule has 2 N–H and O–H groups in total. The molecule has 0 aromatic rings. The fraction of sp³-hybridized carbons (Fsp3) is 0.818. The van der Waals surface area contributed by atoms with Crippen molar-refractivity contribution in [3.63, 3.8) is 0 Å². The Morgan fingerprint density at radius 2 is 2.12 bits per heavy atom. The van der Waals surface area contributed by atoms with Gasteiger partial charge in [0.25, 0.3) is 0 Å². The fourth-order valence-electron chi connectivity index (χ4n) is 1.71. The van der Waals surface area contributed by atoms with Crippen molar-refractivity contribution in [1.29, 1.82) is 0 Å². The summed E-state index contributed by atoms with van der Waals surface area (Å²) in [4.78, 5) is 24.1. The van der Waals surface area contributed by atoms with E-state index in [4.69, 9.17) is 5.11 Å². The molecular weight excluding hydrogens is 208 g/mol. The van der Waals surface area contributed by atoms with Gasteiger partial charge in [-0.15, -0.1) is 0 Å². The van der Waals surface area contributed by atoms with Crippen molar-refractivity contribution < 1.29 is 14.7 Å². The average molecular weight is 228 g/mol. The fourth-order valence-corrected chi connectivity index (χ4v) is 1.71. The predicted octanol–water partition coefficient (Wildman–Crippen LogP) is 0.165. The van der Waals surface area contributed by atoms with Crippen LogP contribution in [-0.2, 0) is 9.59 Å². The second kappa shape index (κ2) is 5.84. The van der Waals surface area contributed by atoms with E-state index in [2.05, 4.69) is 5.32 Å². The Morgan fingerprint density at radius 3 is 2.56 bits per heavy atom. The number of amides is 1. The Labute approximate surface area is 95.8 Å². The molecule has 1 unspecified atom stereocenters. The predicted molar refractivity (Wildman–Crippen MR) is 60.0 cm³/mol. The second-order valence-electron chi connectivity index (χ2n) is 4.51. The highest BCUT2D eigenvalue weighted by Crippen LogP contribution is 2.30. The minimum Gasteiger partial charge on any atom is -0.480 e. The number of hydrogen-bond donors (Lipinski definition) is 2. The van der Waals surface area contributed by atoms with Gasteiger partial charge in [-0.2, -0.15) is 0 Å². The molecule has 1 saturated carbocycles. The zero-order valence-corrected chi connectivity index (χ0v) is 9.90. The largest absolute Gasteiger partial charge is 0.480 e. The maximum Gasteiger partial charge on any atom is 0.323 e. The van der Waals surface area contributed by atoms with Gasteiger partial charge in [0.1, 0.15) is 6.54 Å². The summed E-state index contributed by atoms with van der Waals surface area (Å²) in [5, 5.41) is 11.7. The van der Waals surface area contributed by atoms with Gasteiger partial charge in [-0.3, -0.25) is 9.59 Å². The van der Waals surface area contributed by atoms with Gasteiger partial charge in [0, 0.05) is 19.0 Å². The summed E-state index contributed by atoms with van der Waals surface area (Å²) >= 11 is 0. The molecule has 0 aromatic carbocycles. The van der Waals surface area contributed by atoms with Gasteiger partial charge in [0.15, 0.2) is 0 Å². The van der Waals surface area contributed by atoms with E-state index in [9.17, 15) is 9.59 Å². The average Bonchev–Trinajstić information content (AvgIpc) is 2.99. The van der Waals surface area contributed by atoms with Gasteiger partial charge >= 0.3 is 5.97 Å². The Balaban J connectivity index is 2.51. The molecule has 1 fully saturated rings. The van der Waals surface area contributed by atoms with Crippen molar-refractivity contribution in [2.24, 2.45) is 11.8 Å². The van der Waals surface area contributed by atoms with Crippen LogP contribution in [0, 0.1) is 11.8 Å². The van der Waals surface area contributed by atoms with Crippen molar-refractivity contribution in [3.8, 4) is 0 Å². The Bertz CT molecular complexity index is 264. The van der Waals surface area contributed by atoms with E-state index in [0.717, 1.165) is 12.8 Å². The van der Waals surface area contributed by atoms with Crippen molar-refractivity contribution in [2.45, 2.75) is 19.8 Å². The first-order valence-corrected chi connectivity index (χ1v) is 5.69. The van der Waals surface area contributed by atoms with Gasteiger partial charge < -0.3 is 15.3 Å². The number of aliphatic carboxylic acids is 1. The zero-order valence-electron chi connectivity index (χ0n) is 9.90. The number of carbonyl (C=O) groups excluding carboxylic acids is 1. The van der Waals surface area contributed by atoms with Crippen LogP contribution >= 0.6 is 0 Å². The van der Waals surface area contributed by atoms with Crippen LogP contribution in [0.4, 0.5) is 0 Å². The summed E-state index contributed by atoms with van der Waals surface area (Å²) in [5.41, 5.74) is 0. The molecule has 1 rings (SSSR count). The third kappa shape index (κ3) is 4.18. The number of rotatable bonds is 7. The maximum atomic E-state index is 12.0. The molecule has 5 nitrogen and oxygen atoms in total. The molecule has 1 amide bonds. The van der Waals surface area contributed by atoms with E-state index in [1.807, 2.05) is 6.92 Å². The van der Waals surface area contributed by atoms with Crippen LogP contribution in [0.15, 0.2) is 0 Å². The lowest BCUT2D eigenvalue weighted by Gasteiger charge is -2.24. The van der Waals surface area contributed by atoms with Gasteiger partial charge in [0.05, 0.1) is 0 Å². The highest BCUT2D eigenvalue weighted by Gasteiger charge is 2.29. The zero-order chi connectivity index (χ0) is 12.1. The molecule has 92 valence electrons. The first-order valence-electron chi connectivity index (χ1n) is 5.69. The van der Waals surface area contributed by atoms with E-state index in [1.165, 1.54) is 4.90 Å². The Morgan fingerprint density at radius 1 is 1.50 bits per heavy atom. The van der Waals surface area contributed by atoms with Crippen molar-refractivity contribution >= 4 is 11.9 Å². The van der Waals surface area contributed by atoms with Gasteiger partial charge in [-0.25, -0.2) is 0 Å². The molecule has 0 bridgehead atoms. The summed E-state index contributed by atoms with van der Waals surface area (Å²) in [6.07, 6.45) is 2.23. The Kier molecular flexibility index (Phi) is 4.73. The van der Waals surface area contributed by atoms with Crippen molar-refractivity contribution in [3.05, 3.63) is 0 Å². The lowest BCUT2D eigenvalue weighted by atomic mass is 10.1. The Hall–Kier alpha value is -1.10. The van der Waals surface area contributed by atoms with Crippen LogP contribution in [0.2, 0.25) is 0 Å². The van der Waals surface area contributed by atoms with E-state index in [-0.39, 0.29) is 18.4 Å². The molecule has 5 heteroatoms. The minimum absolute atomic E-state index is 0.0661. The van der Waals surface area contributed by atoms with Crippen LogP contribution in [0.5, 0.6) is 0 Å². The van der Waals surface area contributed by atoms with Gasteiger partial charge in [-0.1, -0.05) is 6.92 Å². The smallest absolute Gasteiger partial charge is 0.323 e. The summed E-state index contributed by atoms with van der Waals surface area (Å²) in [6.45, 7) is 2.82. The highest BCUT2D eigenvalue weighted by atomic mass is 16.4. The molecule has 0 heterocycles. The van der Waals surface area contributed by atoms with Crippen LogP contribution < -0.4 is 5.32 Å². The van der Waals surface area contributed by atoms with Crippen LogP contribution in [0.25, 0.3) is 0 Å². The summed E-state index contributed by atoms with van der Waals surface area (Å²) in [5.74, 6) is -0.650. The highest BCUT2D eigenvalue weighted by molar-refractivity contribution is 5.83. The topological polar surface area (TPSA) is 69.6 Å². The number of carboxylic acids is 1. The third-order valence-electron chi connectivity index (χ3n) is 2.75. The van der Waals surface area contributed by atoms with Crippen molar-refractivity contribution in [1.82, 2.24) is 10.2 Å². The van der Waals surface area contributed by atoms with Gasteiger partial charge in [0.2, 0.25) is 5.91 Å². The van der Waals surface area contributed by atoms with Gasteiger partial charge in [-0.05, 0) is 25.8 Å². The minimum atomic E-state index is -0.939. The molecule has 1 aliphatic rings. The van der Waals surface area contributed by atoms with Crippen LogP contribution in [0.1, 0.15) is 19.8 Å². The van der Waals surface area contributed by atoms with E-state index in [0.29, 0.717) is 19.0 Å². The van der Waals surface area contributed by atoms with E-state index < -0.39 is 5.97 Å². The normalized spacial score (nSPS) is 16.9. The van der Waals surface area contributed by atoms with Crippen molar-refractivity contribution in [2.75, 3.05) is 26.7 Å². The number of carbonyl (C=O) groups is 2. The molecule has 0 spiro atoms. The SMILES string of the molecule is CNCC(C)C(=O)N(CC(=O)O)CC1CC1. The monoisotopic (exact) mass is 228 g/mol. The van der Waals surface area contributed by atoms with E-state index >= 15 is 0 Å². The lowest BCUT2D eigenvalue weighted by Crippen LogP contribution is -2.42. The van der Waals surface area contributed by atoms with Crippen LogP contribution in [0.3, 0.4) is 0 Å². The van der Waals surface area contributed by atoms with Crippen LogP contribution in [-0.4, -0.2) is 48.6 Å². The molecule has 0 aromatic heterocycles. The summed E-state index contributed by atoms with van der Waals surface area (Å²) in [6, 6.07) is 0. The molecule has 16 heavy (non-hydrogen) atoms. The number of hydrogen-bond acceptors (Lipinski definition) is 3. The molecule has 0 radical (unpaired) electrons. The third-order valence-corrected chi connectivity index (χ3v) is 2.75.